The van der Waals surface area contributed by atoms with E-state index in [1.54, 1.807) is 24.8 Å². The summed E-state index contributed by atoms with van der Waals surface area (Å²) in [6.07, 6.45) is 6.95. The van der Waals surface area contributed by atoms with E-state index in [9.17, 15) is 0 Å². The fraction of sp³-hybridized carbons (Fsp3) is 0. The van der Waals surface area contributed by atoms with E-state index in [0.717, 1.165) is 33.6 Å². The molecular weight excluding hydrogens is 472 g/mol. The minimum atomic E-state index is 0.506. The molecule has 6 rings (SSSR count). The van der Waals surface area contributed by atoms with Crippen molar-refractivity contribution in [3.63, 3.8) is 0 Å². The van der Waals surface area contributed by atoms with Crippen molar-refractivity contribution >= 4 is 0 Å². The summed E-state index contributed by atoms with van der Waals surface area (Å²) in [5.74, 6) is 2.32. The summed E-state index contributed by atoms with van der Waals surface area (Å²) in [6, 6.07) is 34.9. The van der Waals surface area contributed by atoms with Crippen molar-refractivity contribution in [2.75, 3.05) is 0 Å². The van der Waals surface area contributed by atoms with Crippen molar-refractivity contribution in [2.45, 2.75) is 0 Å². The zero-order valence-corrected chi connectivity index (χ0v) is 20.3. The maximum absolute atomic E-state index is 6.24. The number of pyridine rings is 4. The van der Waals surface area contributed by atoms with Crippen molar-refractivity contribution < 1.29 is 9.47 Å². The highest BCUT2D eigenvalue weighted by molar-refractivity contribution is 5.78. The Morgan fingerprint density at radius 1 is 0.395 bits per heavy atom. The lowest BCUT2D eigenvalue weighted by Crippen LogP contribution is -1.94. The highest BCUT2D eigenvalue weighted by Crippen LogP contribution is 2.39. The molecule has 0 spiro atoms. The number of benzene rings is 2. The summed E-state index contributed by atoms with van der Waals surface area (Å²) in [5, 5.41) is 0. The Bertz CT molecular complexity index is 1520. The number of hydrogen-bond acceptors (Lipinski definition) is 6. The van der Waals surface area contributed by atoms with Gasteiger partial charge in [-0.2, -0.15) is 0 Å². The van der Waals surface area contributed by atoms with Gasteiger partial charge in [-0.25, -0.2) is 9.97 Å². The van der Waals surface area contributed by atoms with Gasteiger partial charge in [-0.3, -0.25) is 9.97 Å². The lowest BCUT2D eigenvalue weighted by atomic mass is 9.99. The topological polar surface area (TPSA) is 70.0 Å². The van der Waals surface area contributed by atoms with Crippen LogP contribution in [0.2, 0.25) is 0 Å². The second-order valence-corrected chi connectivity index (χ2v) is 8.39. The third-order valence-corrected chi connectivity index (χ3v) is 5.88. The van der Waals surface area contributed by atoms with Gasteiger partial charge in [0.1, 0.15) is 11.5 Å². The van der Waals surface area contributed by atoms with Crippen molar-refractivity contribution in [3.05, 3.63) is 134 Å². The van der Waals surface area contributed by atoms with Crippen LogP contribution in [-0.2, 0) is 0 Å². The molecule has 0 saturated carbocycles. The average molecular weight is 495 g/mol. The van der Waals surface area contributed by atoms with Gasteiger partial charge in [0.05, 0.1) is 11.4 Å². The predicted octanol–water partition coefficient (Wildman–Crippen LogP) is 7.85. The normalized spacial score (nSPS) is 10.6. The Morgan fingerprint density at radius 3 is 1.18 bits per heavy atom. The van der Waals surface area contributed by atoms with E-state index < -0.39 is 0 Å². The lowest BCUT2D eigenvalue weighted by molar-refractivity contribution is 0.463. The van der Waals surface area contributed by atoms with Crippen molar-refractivity contribution in [1.82, 2.24) is 19.9 Å². The Balaban J connectivity index is 1.44. The zero-order valence-electron chi connectivity index (χ0n) is 20.3. The Morgan fingerprint density at radius 2 is 0.816 bits per heavy atom. The largest absolute Gasteiger partial charge is 0.438 e. The Hall–Kier alpha value is -5.36. The Labute approximate surface area is 220 Å². The molecular formula is C32H22N4O2. The first-order valence-corrected chi connectivity index (χ1v) is 12.1. The molecule has 0 bridgehead atoms. The monoisotopic (exact) mass is 494 g/mol. The highest BCUT2D eigenvalue weighted by atomic mass is 16.5. The average Bonchev–Trinajstić information content (AvgIpc) is 2.99. The number of aromatic nitrogens is 4. The number of nitrogens with zero attached hydrogens (tertiary/aromatic N) is 4. The van der Waals surface area contributed by atoms with Crippen LogP contribution < -0.4 is 9.47 Å². The van der Waals surface area contributed by atoms with Crippen LogP contribution in [0.1, 0.15) is 0 Å². The molecule has 0 aliphatic heterocycles. The molecule has 0 radical (unpaired) electrons. The molecule has 0 unspecified atom stereocenters. The standard InChI is InChI=1S/C32H22N4O2/c1-5-17-33-27(9-1)25-15-13-23(21-29(25)37-31-11-3-7-19-35-31)24-14-16-26(28-10-2-6-18-34-28)30(22-24)38-32-12-4-8-20-36-32/h1-22H. The molecule has 0 aliphatic carbocycles. The molecule has 0 amide bonds. The van der Waals surface area contributed by atoms with E-state index in [-0.39, 0.29) is 0 Å². The van der Waals surface area contributed by atoms with Gasteiger partial charge in [0.2, 0.25) is 11.8 Å². The Kier molecular flexibility index (Phi) is 6.51. The van der Waals surface area contributed by atoms with Crippen molar-refractivity contribution in [3.8, 4) is 56.9 Å². The second kappa shape index (κ2) is 10.7. The van der Waals surface area contributed by atoms with E-state index in [1.807, 2.05) is 97.1 Å². The predicted molar refractivity (Wildman–Crippen MR) is 147 cm³/mol. The minimum absolute atomic E-state index is 0.506. The molecule has 6 aromatic rings. The number of hydrogen-bond donors (Lipinski definition) is 0. The summed E-state index contributed by atoms with van der Waals surface area (Å²) in [6.45, 7) is 0. The highest BCUT2D eigenvalue weighted by Gasteiger charge is 2.15. The maximum atomic E-state index is 6.24. The van der Waals surface area contributed by atoms with Gasteiger partial charge in [0.15, 0.2) is 0 Å². The van der Waals surface area contributed by atoms with Gasteiger partial charge in [-0.15, -0.1) is 0 Å². The molecule has 4 aromatic heterocycles. The molecule has 0 N–H and O–H groups in total. The van der Waals surface area contributed by atoms with E-state index >= 15 is 0 Å². The maximum Gasteiger partial charge on any atom is 0.219 e. The summed E-state index contributed by atoms with van der Waals surface area (Å²) in [4.78, 5) is 17.7. The minimum Gasteiger partial charge on any atom is -0.438 e. The summed E-state index contributed by atoms with van der Waals surface area (Å²) < 4.78 is 12.5. The van der Waals surface area contributed by atoms with E-state index in [2.05, 4.69) is 32.1 Å². The molecule has 6 nitrogen and oxygen atoms in total. The van der Waals surface area contributed by atoms with Crippen molar-refractivity contribution in [2.24, 2.45) is 0 Å². The van der Waals surface area contributed by atoms with Crippen LogP contribution in [0.15, 0.2) is 134 Å². The first-order chi connectivity index (χ1) is 18.8. The van der Waals surface area contributed by atoms with Gasteiger partial charge < -0.3 is 9.47 Å². The zero-order chi connectivity index (χ0) is 25.6. The molecule has 4 heterocycles. The van der Waals surface area contributed by atoms with Gasteiger partial charge >= 0.3 is 0 Å². The second-order valence-electron chi connectivity index (χ2n) is 8.39. The van der Waals surface area contributed by atoms with Gasteiger partial charge in [-0.05, 0) is 71.8 Å². The van der Waals surface area contributed by atoms with Gasteiger partial charge in [0, 0.05) is 48.0 Å². The molecule has 0 aliphatic rings. The summed E-state index contributed by atoms with van der Waals surface area (Å²) >= 11 is 0. The quantitative estimate of drug-likeness (QED) is 0.225. The molecule has 38 heavy (non-hydrogen) atoms. The third-order valence-electron chi connectivity index (χ3n) is 5.88. The smallest absolute Gasteiger partial charge is 0.219 e. The van der Waals surface area contributed by atoms with Crippen LogP contribution in [0.3, 0.4) is 0 Å². The molecule has 0 fully saturated rings. The van der Waals surface area contributed by atoms with Crippen LogP contribution in [0.5, 0.6) is 23.3 Å². The first kappa shape index (κ1) is 23.1. The fourth-order valence-electron chi connectivity index (χ4n) is 4.08. The number of rotatable bonds is 7. The molecule has 0 saturated heterocycles. The van der Waals surface area contributed by atoms with Crippen LogP contribution in [0.4, 0.5) is 0 Å². The molecule has 2 aromatic carbocycles. The molecule has 0 atom stereocenters. The first-order valence-electron chi connectivity index (χ1n) is 12.1. The van der Waals surface area contributed by atoms with Crippen LogP contribution in [-0.4, -0.2) is 19.9 Å². The summed E-state index contributed by atoms with van der Waals surface area (Å²) in [7, 11) is 0. The SMILES string of the molecule is c1ccc(Oc2cc(-c3ccc(-c4ccccn4)c(Oc4ccccn4)c3)ccc2-c2ccccn2)nc1. The van der Waals surface area contributed by atoms with Crippen LogP contribution in [0.25, 0.3) is 33.6 Å². The molecule has 6 heteroatoms. The van der Waals surface area contributed by atoms with E-state index in [1.165, 1.54) is 0 Å². The van der Waals surface area contributed by atoms with Crippen LogP contribution in [0, 0.1) is 0 Å². The van der Waals surface area contributed by atoms with Gasteiger partial charge in [-0.1, -0.05) is 36.4 Å². The molecule has 182 valence electrons. The third kappa shape index (κ3) is 5.10. The van der Waals surface area contributed by atoms with Gasteiger partial charge in [0.25, 0.3) is 0 Å². The van der Waals surface area contributed by atoms with E-state index in [4.69, 9.17) is 9.47 Å². The number of ether oxygens (including phenoxy) is 2. The lowest BCUT2D eigenvalue weighted by Gasteiger charge is -2.15. The summed E-state index contributed by atoms with van der Waals surface area (Å²) in [5.41, 5.74) is 5.28. The van der Waals surface area contributed by atoms with Crippen LogP contribution >= 0.6 is 0 Å². The van der Waals surface area contributed by atoms with E-state index in [0.29, 0.717) is 23.3 Å². The van der Waals surface area contributed by atoms with Crippen molar-refractivity contribution in [1.29, 1.82) is 0 Å². The fourth-order valence-corrected chi connectivity index (χ4v) is 4.08.